The van der Waals surface area contributed by atoms with E-state index in [4.69, 9.17) is 9.73 Å². The second-order valence-corrected chi connectivity index (χ2v) is 7.39. The monoisotopic (exact) mass is 354 g/mol. The zero-order chi connectivity index (χ0) is 18.3. The van der Waals surface area contributed by atoms with Crippen LogP contribution in [-0.4, -0.2) is 63.3 Å². The summed E-state index contributed by atoms with van der Waals surface area (Å²) < 4.78 is 5.18. The molecule has 0 aromatic heterocycles. The van der Waals surface area contributed by atoms with E-state index in [0.29, 0.717) is 12.0 Å². The molecule has 2 N–H and O–H groups in total. The van der Waals surface area contributed by atoms with Gasteiger partial charge in [-0.3, -0.25) is 4.99 Å². The zero-order valence-electron chi connectivity index (χ0n) is 17.1. The summed E-state index contributed by atoms with van der Waals surface area (Å²) in [5.41, 5.74) is 0. The Morgan fingerprint density at radius 3 is 2.60 bits per heavy atom. The van der Waals surface area contributed by atoms with E-state index in [1.165, 1.54) is 58.0 Å². The minimum Gasteiger partial charge on any atom is -0.383 e. The number of piperidine rings is 1. The number of hydrogen-bond donors (Lipinski definition) is 2. The Hall–Kier alpha value is -0.810. The molecule has 0 radical (unpaired) electrons. The van der Waals surface area contributed by atoms with Crippen molar-refractivity contribution in [1.82, 2.24) is 15.5 Å². The average molecular weight is 355 g/mol. The highest BCUT2D eigenvalue weighted by atomic mass is 16.5. The summed E-state index contributed by atoms with van der Waals surface area (Å²) in [4.78, 5) is 7.37. The fraction of sp³-hybridized carbons (Fsp3) is 0.950. The molecule has 1 fully saturated rings. The van der Waals surface area contributed by atoms with Crippen LogP contribution in [-0.2, 0) is 4.74 Å². The maximum absolute atomic E-state index is 5.18. The predicted octanol–water partition coefficient (Wildman–Crippen LogP) is 3.26. The number of guanidine groups is 1. The first-order valence-electron chi connectivity index (χ1n) is 10.5. The molecule has 0 aromatic carbocycles. The number of aliphatic imine (C=N–C) groups is 1. The molecule has 5 nitrogen and oxygen atoms in total. The average Bonchev–Trinajstić information content (AvgIpc) is 2.62. The minimum atomic E-state index is 0.491. The minimum absolute atomic E-state index is 0.491. The number of nitrogens with zero attached hydrogens (tertiary/aromatic N) is 2. The maximum atomic E-state index is 5.18. The first kappa shape index (κ1) is 22.2. The van der Waals surface area contributed by atoms with Crippen LogP contribution in [0.25, 0.3) is 0 Å². The van der Waals surface area contributed by atoms with E-state index in [1.54, 1.807) is 7.11 Å². The summed E-state index contributed by atoms with van der Waals surface area (Å²) in [6.45, 7) is 12.8. The largest absolute Gasteiger partial charge is 0.383 e. The Balaban J connectivity index is 2.30. The van der Waals surface area contributed by atoms with Crippen molar-refractivity contribution >= 4 is 5.96 Å². The van der Waals surface area contributed by atoms with Gasteiger partial charge < -0.3 is 20.3 Å². The van der Waals surface area contributed by atoms with E-state index < -0.39 is 0 Å². The fourth-order valence-electron chi connectivity index (χ4n) is 3.34. The zero-order valence-corrected chi connectivity index (χ0v) is 17.1. The number of likely N-dealkylation sites (tertiary alicyclic amines) is 1. The van der Waals surface area contributed by atoms with Crippen LogP contribution in [0.15, 0.2) is 4.99 Å². The van der Waals surface area contributed by atoms with Crippen molar-refractivity contribution in [3.63, 3.8) is 0 Å². The van der Waals surface area contributed by atoms with Gasteiger partial charge >= 0.3 is 0 Å². The lowest BCUT2D eigenvalue weighted by Crippen LogP contribution is -2.43. The SMILES string of the molecule is CCCCCCC(C)NC(=NCC1CCN(CCOC)CC1)NCC. The first-order chi connectivity index (χ1) is 12.2. The fourth-order valence-corrected chi connectivity index (χ4v) is 3.34. The van der Waals surface area contributed by atoms with Gasteiger partial charge in [0.25, 0.3) is 0 Å². The van der Waals surface area contributed by atoms with Crippen molar-refractivity contribution in [3.05, 3.63) is 0 Å². The van der Waals surface area contributed by atoms with Gasteiger partial charge in [0.05, 0.1) is 6.61 Å². The van der Waals surface area contributed by atoms with Crippen molar-refractivity contribution in [3.8, 4) is 0 Å². The van der Waals surface area contributed by atoms with Crippen LogP contribution in [0.3, 0.4) is 0 Å². The van der Waals surface area contributed by atoms with E-state index in [0.717, 1.165) is 32.2 Å². The number of unbranched alkanes of at least 4 members (excludes halogenated alkanes) is 3. The molecule has 1 unspecified atom stereocenters. The number of methoxy groups -OCH3 is 1. The van der Waals surface area contributed by atoms with Crippen LogP contribution >= 0.6 is 0 Å². The molecule has 1 heterocycles. The summed E-state index contributed by atoms with van der Waals surface area (Å²) >= 11 is 0. The molecule has 1 rings (SSSR count). The quantitative estimate of drug-likeness (QED) is 0.321. The Morgan fingerprint density at radius 1 is 1.20 bits per heavy atom. The van der Waals surface area contributed by atoms with Gasteiger partial charge in [-0.15, -0.1) is 0 Å². The van der Waals surface area contributed by atoms with E-state index in [2.05, 4.69) is 36.3 Å². The molecule has 1 aliphatic heterocycles. The highest BCUT2D eigenvalue weighted by molar-refractivity contribution is 5.80. The second kappa shape index (κ2) is 14.4. The second-order valence-electron chi connectivity index (χ2n) is 7.39. The number of ether oxygens (including phenoxy) is 1. The molecule has 148 valence electrons. The maximum Gasteiger partial charge on any atom is 0.191 e. The van der Waals surface area contributed by atoms with Gasteiger partial charge in [0.1, 0.15) is 0 Å². The summed E-state index contributed by atoms with van der Waals surface area (Å²) in [6, 6.07) is 0.491. The number of hydrogen-bond acceptors (Lipinski definition) is 3. The normalized spacial score (nSPS) is 18.3. The van der Waals surface area contributed by atoms with Gasteiger partial charge in [-0.05, 0) is 52.1 Å². The van der Waals surface area contributed by atoms with Crippen molar-refractivity contribution in [2.75, 3.05) is 46.4 Å². The van der Waals surface area contributed by atoms with Gasteiger partial charge in [0, 0.05) is 32.8 Å². The molecule has 1 saturated heterocycles. The number of nitrogens with one attached hydrogen (secondary N) is 2. The molecule has 0 amide bonds. The van der Waals surface area contributed by atoms with Gasteiger partial charge in [-0.2, -0.15) is 0 Å². The van der Waals surface area contributed by atoms with Crippen molar-refractivity contribution in [2.45, 2.75) is 71.8 Å². The third kappa shape index (κ3) is 10.7. The van der Waals surface area contributed by atoms with Crippen molar-refractivity contribution in [1.29, 1.82) is 0 Å². The van der Waals surface area contributed by atoms with Crippen LogP contribution < -0.4 is 10.6 Å². The van der Waals surface area contributed by atoms with Gasteiger partial charge in [0.15, 0.2) is 5.96 Å². The Morgan fingerprint density at radius 2 is 1.96 bits per heavy atom. The van der Waals surface area contributed by atoms with Gasteiger partial charge in [-0.25, -0.2) is 0 Å². The Labute approximate surface area is 156 Å². The van der Waals surface area contributed by atoms with Crippen LogP contribution in [0.2, 0.25) is 0 Å². The smallest absolute Gasteiger partial charge is 0.191 e. The number of rotatable bonds is 12. The molecule has 0 aromatic rings. The molecule has 0 saturated carbocycles. The molecular formula is C20H42N4O. The summed E-state index contributed by atoms with van der Waals surface area (Å²) in [6.07, 6.45) is 9.03. The molecule has 0 aliphatic carbocycles. The third-order valence-corrected chi connectivity index (χ3v) is 5.04. The molecule has 0 spiro atoms. The molecule has 1 aliphatic rings. The summed E-state index contributed by atoms with van der Waals surface area (Å²) in [5.74, 6) is 1.71. The lowest BCUT2D eigenvalue weighted by molar-refractivity contribution is 0.121. The topological polar surface area (TPSA) is 48.9 Å². The van der Waals surface area contributed by atoms with Crippen LogP contribution in [0, 0.1) is 5.92 Å². The summed E-state index contributed by atoms with van der Waals surface area (Å²) in [5, 5.41) is 6.99. The van der Waals surface area contributed by atoms with E-state index in [1.807, 2.05) is 0 Å². The highest BCUT2D eigenvalue weighted by Gasteiger charge is 2.18. The first-order valence-corrected chi connectivity index (χ1v) is 10.5. The van der Waals surface area contributed by atoms with E-state index in [-0.39, 0.29) is 0 Å². The third-order valence-electron chi connectivity index (χ3n) is 5.04. The Bertz CT molecular complexity index is 341. The lowest BCUT2D eigenvalue weighted by atomic mass is 9.97. The molecule has 25 heavy (non-hydrogen) atoms. The predicted molar refractivity (Wildman–Crippen MR) is 108 cm³/mol. The van der Waals surface area contributed by atoms with Crippen LogP contribution in [0.5, 0.6) is 0 Å². The molecule has 5 heteroatoms. The summed E-state index contributed by atoms with van der Waals surface area (Å²) in [7, 11) is 1.78. The standard InChI is InChI=1S/C20H42N4O/c1-5-7-8-9-10-18(3)23-20(21-6-2)22-17-19-11-13-24(14-12-19)15-16-25-4/h18-19H,5-17H2,1-4H3,(H2,21,22,23). The lowest BCUT2D eigenvalue weighted by Gasteiger charge is -2.31. The molecular weight excluding hydrogens is 312 g/mol. The van der Waals surface area contributed by atoms with Gasteiger partial charge in [-0.1, -0.05) is 32.6 Å². The molecule has 0 bridgehead atoms. The Kier molecular flexibility index (Phi) is 12.8. The highest BCUT2D eigenvalue weighted by Crippen LogP contribution is 2.17. The van der Waals surface area contributed by atoms with E-state index in [9.17, 15) is 0 Å². The molecule has 1 atom stereocenters. The van der Waals surface area contributed by atoms with Crippen LogP contribution in [0.1, 0.15) is 65.7 Å². The van der Waals surface area contributed by atoms with Gasteiger partial charge in [0.2, 0.25) is 0 Å². The van der Waals surface area contributed by atoms with Crippen molar-refractivity contribution in [2.24, 2.45) is 10.9 Å². The van der Waals surface area contributed by atoms with E-state index >= 15 is 0 Å². The van der Waals surface area contributed by atoms with Crippen molar-refractivity contribution < 1.29 is 4.74 Å². The van der Waals surface area contributed by atoms with Crippen LogP contribution in [0.4, 0.5) is 0 Å².